The summed E-state index contributed by atoms with van der Waals surface area (Å²) in [5, 5.41) is 15.1. The highest BCUT2D eigenvalue weighted by Gasteiger charge is 2.35. The van der Waals surface area contributed by atoms with Gasteiger partial charge in [-0.3, -0.25) is 0 Å². The molecule has 0 amide bonds. The first-order valence-electron chi connectivity index (χ1n) is 23.8. The number of benzene rings is 11. The Morgan fingerprint density at radius 3 is 1.26 bits per heavy atom. The molecule has 16 rings (SSSR count). The fourth-order valence-corrected chi connectivity index (χ4v) is 12.7. The van der Waals surface area contributed by atoms with Gasteiger partial charge in [0.05, 0.1) is 38.6 Å². The van der Waals surface area contributed by atoms with Crippen molar-refractivity contribution in [3.8, 4) is 33.6 Å². The van der Waals surface area contributed by atoms with Crippen LogP contribution in [0.25, 0.3) is 137 Å². The Kier molecular flexibility index (Phi) is 6.89. The summed E-state index contributed by atoms with van der Waals surface area (Å²) in [6.45, 7) is 4.76. The van der Waals surface area contributed by atoms with Crippen LogP contribution in [0, 0.1) is 0 Å². The largest absolute Gasteiger partial charge is 0.309 e. The zero-order chi connectivity index (χ0) is 44.6. The SMILES string of the molecule is CC1(C)c2ccccc2-c2ccc(-c3cc4c5cc6ccc(-n7c8ccccc8c8ccccc87)cc6cc5n5c6cc7cc(-n8c9ccccc9c9ccccc98)ccc7cc6c(c3)c45)cc21. The van der Waals surface area contributed by atoms with Crippen LogP contribution in [0.2, 0.25) is 0 Å². The van der Waals surface area contributed by atoms with Crippen molar-refractivity contribution in [1.29, 1.82) is 0 Å². The predicted molar refractivity (Wildman–Crippen MR) is 288 cm³/mol. The minimum atomic E-state index is -0.0839. The molecule has 0 saturated carbocycles. The third-order valence-corrected chi connectivity index (χ3v) is 15.9. The second-order valence-corrected chi connectivity index (χ2v) is 19.7. The fourth-order valence-electron chi connectivity index (χ4n) is 12.7. The lowest BCUT2D eigenvalue weighted by Gasteiger charge is -2.22. The molecule has 0 radical (unpaired) electrons. The van der Waals surface area contributed by atoms with E-state index in [4.69, 9.17) is 0 Å². The quantitative estimate of drug-likeness (QED) is 0.168. The van der Waals surface area contributed by atoms with Crippen molar-refractivity contribution in [2.45, 2.75) is 19.3 Å². The van der Waals surface area contributed by atoms with E-state index in [9.17, 15) is 0 Å². The van der Waals surface area contributed by atoms with Crippen LogP contribution in [0.1, 0.15) is 25.0 Å². The molecule has 68 heavy (non-hydrogen) atoms. The maximum absolute atomic E-state index is 2.57. The third kappa shape index (κ3) is 4.67. The molecule has 4 heterocycles. The second kappa shape index (κ2) is 12.8. The van der Waals surface area contributed by atoms with Crippen molar-refractivity contribution in [3.05, 3.63) is 223 Å². The molecule has 1 aliphatic rings. The smallest absolute Gasteiger partial charge is 0.0620 e. The van der Waals surface area contributed by atoms with E-state index in [2.05, 4.69) is 240 Å². The van der Waals surface area contributed by atoms with Gasteiger partial charge in [-0.2, -0.15) is 0 Å². The average Bonchev–Trinajstić information content (AvgIpc) is 4.15. The Labute approximate surface area is 391 Å². The minimum Gasteiger partial charge on any atom is -0.309 e. The number of nitrogens with zero attached hydrogens (tertiary/aromatic N) is 3. The van der Waals surface area contributed by atoms with Gasteiger partial charge in [0.15, 0.2) is 0 Å². The van der Waals surface area contributed by atoms with E-state index < -0.39 is 0 Å². The monoisotopic (exact) mass is 863 g/mol. The predicted octanol–water partition coefficient (Wildman–Crippen LogP) is 17.3. The molecule has 316 valence electrons. The molecular weight excluding hydrogens is 823 g/mol. The molecule has 3 heteroatoms. The summed E-state index contributed by atoms with van der Waals surface area (Å²) in [7, 11) is 0. The van der Waals surface area contributed by atoms with Gasteiger partial charge < -0.3 is 13.5 Å². The van der Waals surface area contributed by atoms with Crippen molar-refractivity contribution in [3.63, 3.8) is 0 Å². The zero-order valence-electron chi connectivity index (χ0n) is 37.5. The molecule has 11 aromatic carbocycles. The molecule has 0 bridgehead atoms. The van der Waals surface area contributed by atoms with Gasteiger partial charge in [-0.15, -0.1) is 0 Å². The van der Waals surface area contributed by atoms with Crippen LogP contribution in [0.3, 0.4) is 0 Å². The van der Waals surface area contributed by atoms with Crippen LogP contribution < -0.4 is 0 Å². The van der Waals surface area contributed by atoms with E-state index >= 15 is 0 Å². The minimum absolute atomic E-state index is 0.0839. The van der Waals surface area contributed by atoms with E-state index in [1.54, 1.807) is 0 Å². The maximum atomic E-state index is 2.57. The van der Waals surface area contributed by atoms with Crippen LogP contribution in [0.5, 0.6) is 0 Å². The lowest BCUT2D eigenvalue weighted by molar-refractivity contribution is 0.660. The van der Waals surface area contributed by atoms with Gasteiger partial charge in [-0.25, -0.2) is 0 Å². The summed E-state index contributed by atoms with van der Waals surface area (Å²) in [6, 6.07) is 80.1. The number of hydrogen-bond donors (Lipinski definition) is 0. The molecule has 0 saturated heterocycles. The zero-order valence-corrected chi connectivity index (χ0v) is 37.5. The molecule has 0 unspecified atom stereocenters. The van der Waals surface area contributed by atoms with Gasteiger partial charge in [0.2, 0.25) is 0 Å². The third-order valence-electron chi connectivity index (χ3n) is 15.9. The molecule has 15 aromatic rings. The standard InChI is InChI=1S/C65H41N3/c1-65(2)56-18-8-3-13-46(56)47-28-25-40(35-57(47)65)43-33-54-52-31-38-23-26-44(66-58-19-9-4-14-48(58)49-15-5-10-20-59(49)66)29-41(38)36-62(52)68-63-37-42-30-45(27-24-39(42)32-53(63)55(34-43)64(54)68)67-60-21-11-6-16-50(60)51-17-7-12-22-61(51)67/h3-37H,1-2H3. The highest BCUT2D eigenvalue weighted by Crippen LogP contribution is 2.51. The van der Waals surface area contributed by atoms with Crippen LogP contribution in [-0.4, -0.2) is 13.5 Å². The lowest BCUT2D eigenvalue weighted by Crippen LogP contribution is -2.14. The van der Waals surface area contributed by atoms with Crippen LogP contribution in [-0.2, 0) is 5.41 Å². The Morgan fingerprint density at radius 2 is 0.750 bits per heavy atom. The highest BCUT2D eigenvalue weighted by atomic mass is 15.0. The summed E-state index contributed by atoms with van der Waals surface area (Å²) >= 11 is 0. The van der Waals surface area contributed by atoms with E-state index in [1.165, 1.54) is 148 Å². The second-order valence-electron chi connectivity index (χ2n) is 19.7. The Hall–Kier alpha value is -8.66. The Bertz CT molecular complexity index is 4360. The first-order chi connectivity index (χ1) is 33.5. The number of fused-ring (bicyclic) bond motifs is 17. The first-order valence-corrected chi connectivity index (χ1v) is 23.8. The van der Waals surface area contributed by atoms with Crippen molar-refractivity contribution < 1.29 is 0 Å². The highest BCUT2D eigenvalue weighted by molar-refractivity contribution is 6.27. The maximum Gasteiger partial charge on any atom is 0.0620 e. The van der Waals surface area contributed by atoms with Crippen molar-refractivity contribution in [2.24, 2.45) is 0 Å². The summed E-state index contributed by atoms with van der Waals surface area (Å²) in [5.41, 5.74) is 18.9. The summed E-state index contributed by atoms with van der Waals surface area (Å²) < 4.78 is 7.43. The fraction of sp³-hybridized carbons (Fsp3) is 0.0462. The van der Waals surface area contributed by atoms with Gasteiger partial charge in [0, 0.05) is 59.9 Å². The molecular formula is C65H41N3. The van der Waals surface area contributed by atoms with Gasteiger partial charge in [0.25, 0.3) is 0 Å². The lowest BCUT2D eigenvalue weighted by atomic mass is 9.81. The summed E-state index contributed by atoms with van der Waals surface area (Å²) in [6.07, 6.45) is 0. The van der Waals surface area contributed by atoms with E-state index in [0.29, 0.717) is 0 Å². The Balaban J connectivity index is 0.969. The van der Waals surface area contributed by atoms with Gasteiger partial charge in [0.1, 0.15) is 0 Å². The summed E-state index contributed by atoms with van der Waals surface area (Å²) in [4.78, 5) is 0. The van der Waals surface area contributed by atoms with E-state index in [-0.39, 0.29) is 5.41 Å². The van der Waals surface area contributed by atoms with Gasteiger partial charge >= 0.3 is 0 Å². The van der Waals surface area contributed by atoms with E-state index in [1.807, 2.05) is 0 Å². The topological polar surface area (TPSA) is 14.3 Å². The molecule has 4 aromatic heterocycles. The molecule has 0 N–H and O–H groups in total. The normalized spacial score (nSPS) is 13.6. The van der Waals surface area contributed by atoms with Crippen molar-refractivity contribution in [2.75, 3.05) is 0 Å². The number of aromatic nitrogens is 3. The molecule has 1 aliphatic carbocycles. The number of hydrogen-bond acceptors (Lipinski definition) is 0. The molecule has 0 aliphatic heterocycles. The molecule has 0 fully saturated rings. The van der Waals surface area contributed by atoms with Crippen LogP contribution in [0.4, 0.5) is 0 Å². The van der Waals surface area contributed by atoms with Gasteiger partial charge in [-0.1, -0.05) is 135 Å². The Morgan fingerprint density at radius 1 is 0.294 bits per heavy atom. The average molecular weight is 864 g/mol. The van der Waals surface area contributed by atoms with Gasteiger partial charge in [-0.05, 0) is 146 Å². The molecule has 0 spiro atoms. The summed E-state index contributed by atoms with van der Waals surface area (Å²) in [5.74, 6) is 0. The first kappa shape index (κ1) is 36.5. The van der Waals surface area contributed by atoms with Crippen molar-refractivity contribution >= 4 is 103 Å². The van der Waals surface area contributed by atoms with Crippen LogP contribution >= 0.6 is 0 Å². The van der Waals surface area contributed by atoms with Crippen molar-refractivity contribution in [1.82, 2.24) is 13.5 Å². The molecule has 0 atom stereocenters. The number of para-hydroxylation sites is 4. The van der Waals surface area contributed by atoms with Crippen LogP contribution in [0.15, 0.2) is 212 Å². The molecule has 3 nitrogen and oxygen atoms in total. The number of rotatable bonds is 3. The van der Waals surface area contributed by atoms with E-state index in [0.717, 1.165) is 0 Å².